The van der Waals surface area contributed by atoms with Crippen molar-refractivity contribution in [3.8, 4) is 0 Å². The van der Waals surface area contributed by atoms with Crippen LogP contribution in [-0.4, -0.2) is 47.5 Å². The largest absolute Gasteiger partial charge is 0.378 e. The number of rotatable bonds is 4. The van der Waals surface area contributed by atoms with Crippen LogP contribution in [0.5, 0.6) is 0 Å². The van der Waals surface area contributed by atoms with Crippen molar-refractivity contribution >= 4 is 18.0 Å². The monoisotopic (exact) mass is 302 g/mol. The fourth-order valence-corrected chi connectivity index (χ4v) is 2.02. The first-order valence-corrected chi connectivity index (χ1v) is 6.88. The molecule has 2 aromatic rings. The van der Waals surface area contributed by atoms with E-state index in [4.69, 9.17) is 4.74 Å². The molecule has 0 amide bonds. The average molecular weight is 302 g/mol. The average Bonchev–Trinajstić information content (AvgIpc) is 2.58. The van der Waals surface area contributed by atoms with E-state index < -0.39 is 5.82 Å². The van der Waals surface area contributed by atoms with Gasteiger partial charge in [-0.15, -0.1) is 0 Å². The highest BCUT2D eigenvalue weighted by Gasteiger charge is 2.17. The molecule has 1 aliphatic rings. The van der Waals surface area contributed by atoms with Crippen molar-refractivity contribution in [3.05, 3.63) is 42.1 Å². The SMILES string of the molecule is Fc1cnc(N/N=C/c2ccccn2)nc1N1CCOCC1. The van der Waals surface area contributed by atoms with E-state index in [-0.39, 0.29) is 11.8 Å². The minimum Gasteiger partial charge on any atom is -0.378 e. The van der Waals surface area contributed by atoms with Crippen molar-refractivity contribution in [2.45, 2.75) is 0 Å². The lowest BCUT2D eigenvalue weighted by Crippen LogP contribution is -2.37. The molecule has 0 radical (unpaired) electrons. The van der Waals surface area contributed by atoms with E-state index in [9.17, 15) is 4.39 Å². The van der Waals surface area contributed by atoms with Gasteiger partial charge in [0.1, 0.15) is 0 Å². The number of nitrogens with zero attached hydrogens (tertiary/aromatic N) is 5. The van der Waals surface area contributed by atoms with Gasteiger partial charge in [-0.2, -0.15) is 10.1 Å². The van der Waals surface area contributed by atoms with E-state index in [2.05, 4.69) is 25.5 Å². The first kappa shape index (κ1) is 14.3. The molecule has 1 aliphatic heterocycles. The normalized spacial score (nSPS) is 15.2. The van der Waals surface area contributed by atoms with Crippen LogP contribution in [0.3, 0.4) is 0 Å². The standard InChI is InChI=1S/C14H15FN6O/c15-12-10-17-14(19-13(12)21-5-7-22-8-6-21)20-18-9-11-3-1-2-4-16-11/h1-4,9-10H,5-8H2,(H,17,19,20)/b18-9+. The molecule has 0 aromatic carbocycles. The molecule has 0 bridgehead atoms. The molecule has 114 valence electrons. The van der Waals surface area contributed by atoms with E-state index >= 15 is 0 Å². The summed E-state index contributed by atoms with van der Waals surface area (Å²) in [5, 5.41) is 4.00. The minimum atomic E-state index is -0.457. The molecule has 0 aliphatic carbocycles. The number of pyridine rings is 1. The van der Waals surface area contributed by atoms with E-state index in [0.29, 0.717) is 32.0 Å². The number of nitrogens with one attached hydrogen (secondary N) is 1. The summed E-state index contributed by atoms with van der Waals surface area (Å²) < 4.78 is 19.1. The van der Waals surface area contributed by atoms with Crippen molar-refractivity contribution in [2.24, 2.45) is 5.10 Å². The van der Waals surface area contributed by atoms with E-state index in [0.717, 1.165) is 6.20 Å². The summed E-state index contributed by atoms with van der Waals surface area (Å²) in [5.74, 6) is 0.0325. The zero-order valence-corrected chi connectivity index (χ0v) is 11.8. The van der Waals surface area contributed by atoms with Crippen LogP contribution in [0, 0.1) is 5.82 Å². The Morgan fingerprint density at radius 2 is 2.14 bits per heavy atom. The fraction of sp³-hybridized carbons (Fsp3) is 0.286. The van der Waals surface area contributed by atoms with Crippen LogP contribution in [-0.2, 0) is 4.74 Å². The lowest BCUT2D eigenvalue weighted by atomic mass is 10.4. The Hall–Kier alpha value is -2.61. The van der Waals surface area contributed by atoms with Gasteiger partial charge >= 0.3 is 0 Å². The Morgan fingerprint density at radius 1 is 1.27 bits per heavy atom. The maximum Gasteiger partial charge on any atom is 0.245 e. The first-order chi connectivity index (χ1) is 10.8. The van der Waals surface area contributed by atoms with Gasteiger partial charge in [-0.25, -0.2) is 14.8 Å². The van der Waals surface area contributed by atoms with E-state index in [1.807, 2.05) is 23.1 Å². The van der Waals surface area contributed by atoms with Crippen LogP contribution in [0.15, 0.2) is 35.7 Å². The summed E-state index contributed by atoms with van der Waals surface area (Å²) in [7, 11) is 0. The molecular weight excluding hydrogens is 287 g/mol. The Bertz CT molecular complexity index is 645. The maximum absolute atomic E-state index is 13.9. The Labute approximate surface area is 126 Å². The van der Waals surface area contributed by atoms with E-state index in [1.165, 1.54) is 0 Å². The molecule has 8 heteroatoms. The second-order valence-electron chi connectivity index (χ2n) is 4.59. The van der Waals surface area contributed by atoms with Gasteiger partial charge in [0.2, 0.25) is 5.95 Å². The third-order valence-corrected chi connectivity index (χ3v) is 3.09. The van der Waals surface area contributed by atoms with Gasteiger partial charge in [-0.05, 0) is 12.1 Å². The van der Waals surface area contributed by atoms with Gasteiger partial charge in [0.25, 0.3) is 0 Å². The van der Waals surface area contributed by atoms with Gasteiger partial charge in [0.15, 0.2) is 11.6 Å². The Kier molecular flexibility index (Phi) is 4.50. The van der Waals surface area contributed by atoms with Gasteiger partial charge in [-0.1, -0.05) is 6.07 Å². The van der Waals surface area contributed by atoms with Crippen molar-refractivity contribution in [1.82, 2.24) is 15.0 Å². The minimum absolute atomic E-state index is 0.232. The van der Waals surface area contributed by atoms with E-state index in [1.54, 1.807) is 12.4 Å². The third-order valence-electron chi connectivity index (χ3n) is 3.09. The molecule has 1 fully saturated rings. The highest BCUT2D eigenvalue weighted by molar-refractivity contribution is 5.77. The third kappa shape index (κ3) is 3.53. The molecule has 7 nitrogen and oxygen atoms in total. The number of anilines is 2. The molecule has 2 aromatic heterocycles. The van der Waals surface area contributed by atoms with Crippen molar-refractivity contribution in [3.63, 3.8) is 0 Å². The molecule has 1 N–H and O–H groups in total. The highest BCUT2D eigenvalue weighted by Crippen LogP contribution is 2.18. The number of hydrazone groups is 1. The number of hydrogen-bond acceptors (Lipinski definition) is 7. The summed E-state index contributed by atoms with van der Waals surface area (Å²) in [6.45, 7) is 2.32. The molecule has 22 heavy (non-hydrogen) atoms. The van der Waals surface area contributed by atoms with Gasteiger partial charge in [0.05, 0.1) is 31.3 Å². The summed E-state index contributed by atoms with van der Waals surface area (Å²) in [6.07, 6.45) is 4.35. The topological polar surface area (TPSA) is 75.5 Å². The fourth-order valence-electron chi connectivity index (χ4n) is 2.02. The second-order valence-corrected chi connectivity index (χ2v) is 4.59. The van der Waals surface area contributed by atoms with Crippen molar-refractivity contribution in [2.75, 3.05) is 36.6 Å². The predicted octanol–water partition coefficient (Wildman–Crippen LogP) is 1.29. The molecule has 0 spiro atoms. The zero-order chi connectivity index (χ0) is 15.2. The number of aromatic nitrogens is 3. The second kappa shape index (κ2) is 6.90. The van der Waals surface area contributed by atoms with Crippen LogP contribution < -0.4 is 10.3 Å². The number of morpholine rings is 1. The zero-order valence-electron chi connectivity index (χ0n) is 11.8. The molecule has 0 atom stereocenters. The van der Waals surface area contributed by atoms with Crippen LogP contribution in [0.4, 0.5) is 16.2 Å². The summed E-state index contributed by atoms with van der Waals surface area (Å²) in [5.41, 5.74) is 3.38. The highest BCUT2D eigenvalue weighted by atomic mass is 19.1. The molecule has 3 heterocycles. The Balaban J connectivity index is 1.70. The molecule has 0 saturated carbocycles. The van der Waals surface area contributed by atoms with Crippen molar-refractivity contribution in [1.29, 1.82) is 0 Å². The molecule has 1 saturated heterocycles. The molecule has 3 rings (SSSR count). The number of ether oxygens (including phenoxy) is 1. The van der Waals surface area contributed by atoms with Gasteiger partial charge in [0, 0.05) is 19.3 Å². The summed E-state index contributed by atoms with van der Waals surface area (Å²) in [6, 6.07) is 5.50. The van der Waals surface area contributed by atoms with Crippen molar-refractivity contribution < 1.29 is 9.13 Å². The molecule has 0 unspecified atom stereocenters. The number of halogens is 1. The van der Waals surface area contributed by atoms with Crippen LogP contribution >= 0.6 is 0 Å². The summed E-state index contributed by atoms with van der Waals surface area (Å²) >= 11 is 0. The van der Waals surface area contributed by atoms with Crippen LogP contribution in [0.1, 0.15) is 5.69 Å². The summed E-state index contributed by atoms with van der Waals surface area (Å²) in [4.78, 5) is 14.0. The Morgan fingerprint density at radius 3 is 2.91 bits per heavy atom. The smallest absolute Gasteiger partial charge is 0.245 e. The quantitative estimate of drug-likeness (QED) is 0.677. The van der Waals surface area contributed by atoms with Crippen LogP contribution in [0.25, 0.3) is 0 Å². The molecular formula is C14H15FN6O. The first-order valence-electron chi connectivity index (χ1n) is 6.88. The van der Waals surface area contributed by atoms with Gasteiger partial charge in [-0.3, -0.25) is 4.98 Å². The lowest BCUT2D eigenvalue weighted by molar-refractivity contribution is 0.122. The number of hydrogen-bond donors (Lipinski definition) is 1. The van der Waals surface area contributed by atoms with Crippen LogP contribution in [0.2, 0.25) is 0 Å². The lowest BCUT2D eigenvalue weighted by Gasteiger charge is -2.27. The predicted molar refractivity (Wildman–Crippen MR) is 80.5 cm³/mol. The maximum atomic E-state index is 13.9. The van der Waals surface area contributed by atoms with Gasteiger partial charge < -0.3 is 9.64 Å².